The molecule has 0 aliphatic heterocycles. The summed E-state index contributed by atoms with van der Waals surface area (Å²) in [6.45, 7) is 2.40. The lowest BCUT2D eigenvalue weighted by molar-refractivity contribution is -0.161. The maximum Gasteiger partial charge on any atom is 0.472 e. The molecule has 0 aromatic carbocycles. The Balaban J connectivity index is 4.66. The average Bonchev–Trinajstić information content (AvgIpc) is 1.04. The highest BCUT2D eigenvalue weighted by Gasteiger charge is 2.29. The summed E-state index contributed by atoms with van der Waals surface area (Å²) < 4.78 is 61.0. The lowest BCUT2D eigenvalue weighted by Crippen LogP contribution is -2.30. The smallest absolute Gasteiger partial charge is 0.463 e. The van der Waals surface area contributed by atoms with Gasteiger partial charge in [0.2, 0.25) is 0 Å². The van der Waals surface area contributed by atoms with Gasteiger partial charge in [-0.3, -0.25) is 32.5 Å². The molecular formula is C83H138O16P2. The summed E-state index contributed by atoms with van der Waals surface area (Å²) in [4.78, 5) is 58.6. The first-order valence-corrected chi connectivity index (χ1v) is 41.8. The molecule has 0 saturated carbocycles. The fourth-order valence-corrected chi connectivity index (χ4v) is 11.4. The van der Waals surface area contributed by atoms with E-state index in [-0.39, 0.29) is 19.3 Å². The van der Waals surface area contributed by atoms with Crippen molar-refractivity contribution in [1.82, 2.24) is 0 Å². The molecule has 0 aromatic heterocycles. The molecule has 0 aliphatic carbocycles. The van der Waals surface area contributed by atoms with Crippen molar-refractivity contribution in [2.24, 2.45) is 0 Å². The van der Waals surface area contributed by atoms with Gasteiger partial charge in [0.15, 0.2) is 6.10 Å². The fraction of sp³-hybridized carbons (Fsp3) is 0.651. The van der Waals surface area contributed by atoms with Crippen LogP contribution < -0.4 is 0 Å². The first kappa shape index (κ1) is 96.2. The topological polar surface area (TPSA) is 231 Å². The lowest BCUT2D eigenvalue weighted by Gasteiger charge is -2.21. The number of hydrogen-bond donors (Lipinski definition) is 4. The monoisotopic (exact) mass is 1450 g/mol. The Morgan fingerprint density at radius 1 is 0.287 bits per heavy atom. The second-order valence-electron chi connectivity index (χ2n) is 25.4. The molecular weight excluding hydrogens is 1310 g/mol. The molecule has 0 spiro atoms. The number of hydrogen-bond acceptors (Lipinski definition) is 14. The van der Waals surface area contributed by atoms with E-state index in [0.29, 0.717) is 25.7 Å². The number of aliphatic hydroxyl groups is 2. The second-order valence-corrected chi connectivity index (χ2v) is 28.3. The van der Waals surface area contributed by atoms with Crippen molar-refractivity contribution in [2.75, 3.05) is 39.6 Å². The van der Waals surface area contributed by atoms with Crippen LogP contribution in [0.3, 0.4) is 0 Å². The minimum atomic E-state index is -4.96. The van der Waals surface area contributed by atoms with E-state index in [2.05, 4.69) is 167 Å². The van der Waals surface area contributed by atoms with Crippen molar-refractivity contribution in [3.63, 3.8) is 0 Å². The van der Waals surface area contributed by atoms with Gasteiger partial charge in [-0.1, -0.05) is 281 Å². The summed E-state index contributed by atoms with van der Waals surface area (Å²) in [5.74, 6) is -1.67. The SMILES string of the molecule is CC/C=C\C/C=C\C/C=C\C/C=C\C/C=C\CCCC(=O)OC(COC(=O)CCCCCCC/C=C\C/C=C\C/C=C\C/C=C\CCCCC)COP(=O)(O)OCC(O)COP(=O)(O)OCC(O)COC(=O)CCCCCCCCCCCCC/C=C\C/C=C\C/C=C\C/C=C\CCCCC. The van der Waals surface area contributed by atoms with E-state index in [1.54, 1.807) is 0 Å². The molecule has 0 aliphatic rings. The van der Waals surface area contributed by atoms with Crippen LogP contribution in [0.5, 0.6) is 0 Å². The summed E-state index contributed by atoms with van der Waals surface area (Å²) in [6.07, 6.45) is 92.9. The molecule has 0 radical (unpaired) electrons. The van der Waals surface area contributed by atoms with Crippen molar-refractivity contribution >= 4 is 33.6 Å². The van der Waals surface area contributed by atoms with Crippen LogP contribution in [0.2, 0.25) is 0 Å². The van der Waals surface area contributed by atoms with Gasteiger partial charge >= 0.3 is 33.6 Å². The van der Waals surface area contributed by atoms with E-state index >= 15 is 0 Å². The quantitative estimate of drug-likeness (QED) is 0.0146. The van der Waals surface area contributed by atoms with E-state index in [4.69, 9.17) is 32.3 Å². The minimum absolute atomic E-state index is 0.0163. The number of esters is 3. The zero-order chi connectivity index (χ0) is 73.7. The van der Waals surface area contributed by atoms with E-state index in [1.165, 1.54) is 89.9 Å². The zero-order valence-electron chi connectivity index (χ0n) is 62.8. The Morgan fingerprint density at radius 2 is 0.535 bits per heavy atom. The minimum Gasteiger partial charge on any atom is -0.463 e. The zero-order valence-corrected chi connectivity index (χ0v) is 64.6. The molecule has 101 heavy (non-hydrogen) atoms. The van der Waals surface area contributed by atoms with Crippen LogP contribution in [0.4, 0.5) is 0 Å². The summed E-state index contributed by atoms with van der Waals surface area (Å²) >= 11 is 0. The van der Waals surface area contributed by atoms with Crippen LogP contribution in [-0.4, -0.2) is 95.9 Å². The van der Waals surface area contributed by atoms with Crippen molar-refractivity contribution in [3.8, 4) is 0 Å². The highest BCUT2D eigenvalue weighted by atomic mass is 31.2. The predicted molar refractivity (Wildman–Crippen MR) is 417 cm³/mol. The Morgan fingerprint density at radius 3 is 0.861 bits per heavy atom. The fourth-order valence-electron chi connectivity index (χ4n) is 9.81. The molecule has 0 aromatic rings. The van der Waals surface area contributed by atoms with Gasteiger partial charge in [0, 0.05) is 19.3 Å². The Bertz CT molecular complexity index is 2470. The van der Waals surface area contributed by atoms with E-state index in [0.717, 1.165) is 135 Å². The van der Waals surface area contributed by atoms with Gasteiger partial charge in [0.1, 0.15) is 25.4 Å². The van der Waals surface area contributed by atoms with Crippen LogP contribution in [0, 0.1) is 0 Å². The van der Waals surface area contributed by atoms with Gasteiger partial charge in [0.25, 0.3) is 0 Å². The van der Waals surface area contributed by atoms with Crippen molar-refractivity contribution in [1.29, 1.82) is 0 Å². The summed E-state index contributed by atoms with van der Waals surface area (Å²) in [7, 11) is -9.82. The largest absolute Gasteiger partial charge is 0.472 e. The molecule has 5 atom stereocenters. The van der Waals surface area contributed by atoms with Gasteiger partial charge in [0.05, 0.1) is 26.4 Å². The van der Waals surface area contributed by atoms with Gasteiger partial charge in [-0.2, -0.15) is 0 Å². The number of ether oxygens (including phenoxy) is 3. The Hall–Kier alpha value is -4.83. The average molecular weight is 1450 g/mol. The molecule has 4 N–H and O–H groups in total. The van der Waals surface area contributed by atoms with Crippen LogP contribution in [-0.2, 0) is 55.8 Å². The van der Waals surface area contributed by atoms with E-state index in [9.17, 15) is 43.5 Å². The maximum absolute atomic E-state index is 12.9. The van der Waals surface area contributed by atoms with Crippen LogP contribution >= 0.6 is 15.6 Å². The molecule has 0 heterocycles. The van der Waals surface area contributed by atoms with Gasteiger partial charge in [-0.15, -0.1) is 0 Å². The first-order valence-electron chi connectivity index (χ1n) is 38.8. The highest BCUT2D eigenvalue weighted by molar-refractivity contribution is 7.47. The molecule has 0 bridgehead atoms. The van der Waals surface area contributed by atoms with Crippen LogP contribution in [0.25, 0.3) is 0 Å². The number of carbonyl (C=O) groups is 3. The van der Waals surface area contributed by atoms with Crippen LogP contribution in [0.1, 0.15) is 290 Å². The van der Waals surface area contributed by atoms with E-state index in [1.807, 2.05) is 12.2 Å². The maximum atomic E-state index is 12.9. The highest BCUT2D eigenvalue weighted by Crippen LogP contribution is 2.45. The number of unbranched alkanes of at least 4 members (excludes halogenated alkanes) is 23. The summed E-state index contributed by atoms with van der Waals surface area (Å²) in [5, 5.41) is 20.6. The van der Waals surface area contributed by atoms with Gasteiger partial charge < -0.3 is 34.2 Å². The Kier molecular flexibility index (Phi) is 71.3. The number of phosphoric ester groups is 2. The third kappa shape index (κ3) is 76.1. The van der Waals surface area contributed by atoms with E-state index < -0.39 is 91.5 Å². The summed E-state index contributed by atoms with van der Waals surface area (Å²) in [6, 6.07) is 0. The summed E-state index contributed by atoms with van der Waals surface area (Å²) in [5.41, 5.74) is 0. The number of rotatable bonds is 72. The van der Waals surface area contributed by atoms with Gasteiger partial charge in [-0.25, -0.2) is 9.13 Å². The van der Waals surface area contributed by atoms with Crippen LogP contribution in [0.15, 0.2) is 158 Å². The second kappa shape index (κ2) is 74.9. The van der Waals surface area contributed by atoms with Crippen molar-refractivity contribution < 1.29 is 75.8 Å². The van der Waals surface area contributed by atoms with Crippen molar-refractivity contribution in [2.45, 2.75) is 309 Å². The molecule has 0 rings (SSSR count). The molecule has 16 nitrogen and oxygen atoms in total. The van der Waals surface area contributed by atoms with Gasteiger partial charge in [-0.05, 0) is 148 Å². The molecule has 576 valence electrons. The number of allylic oxidation sites excluding steroid dienone is 26. The third-order valence-corrected chi connectivity index (χ3v) is 17.6. The first-order chi connectivity index (χ1) is 49.2. The lowest BCUT2D eigenvalue weighted by atomic mass is 10.0. The molecule has 5 unspecified atom stereocenters. The number of aliphatic hydroxyl groups excluding tert-OH is 2. The molecule has 0 fully saturated rings. The standard InChI is InChI=1S/C83H138O16P2/c1-4-7-10-13-16-19-22-25-28-31-33-35-36-37-38-39-40-42-44-46-48-51-54-57-60-63-66-69-81(86)93-72-78(84)73-95-100(89,90)96-74-79(85)75-97-101(91,92)98-77-80(99-83(88)71-68-65-62-59-56-53-50-45-30-27-24-21-18-15-12-9-6-3)76-94-82(87)70-67-64-61-58-55-52-49-47-43-41-34-32-29-26-23-20-17-14-11-8-5-2/h9,12,16-21,25-30,33-35,37-38,41,47,49-50,53,59,62,78-80,84-85H,4-8,10-11,13-15,22-24,31-32,36,39-40,42-46,48,51-52,54-58,60-61,63-77H2,1-3H3,(H,89,90)(H,91,92)/b12-9-,19-16-,20-17-,21-18-,28-25-,29-26-,30-27-,35-33-,38-37-,41-34-,49-47-,53-50-,62-59-. The molecule has 0 saturated heterocycles. The third-order valence-electron chi connectivity index (χ3n) is 15.7. The number of carbonyl (C=O) groups excluding carboxylic acids is 3. The number of phosphoric acid groups is 2. The molecule has 18 heteroatoms. The molecule has 0 amide bonds. The van der Waals surface area contributed by atoms with Crippen molar-refractivity contribution in [3.05, 3.63) is 158 Å². The predicted octanol–water partition coefficient (Wildman–Crippen LogP) is 22.6. The Labute approximate surface area is 612 Å². The normalized spacial score (nSPS) is 14.9.